The third-order valence-electron chi connectivity index (χ3n) is 1.38. The molecule has 1 heterocycles. The summed E-state index contributed by atoms with van der Waals surface area (Å²) in [4.78, 5) is 4.30. The fourth-order valence-electron chi connectivity index (χ4n) is 0.819. The average molecular weight is 246 g/mol. The Balaban J connectivity index is 2.82. The lowest BCUT2D eigenvalue weighted by Crippen LogP contribution is -1.89. The second kappa shape index (κ2) is 4.28. The van der Waals surface area contributed by atoms with E-state index in [0.29, 0.717) is 5.25 Å². The Morgan fingerprint density at radius 3 is 2.67 bits per heavy atom. The molecule has 0 spiro atoms. The molecule has 1 aromatic rings. The van der Waals surface area contributed by atoms with Crippen LogP contribution in [0.25, 0.3) is 0 Å². The zero-order chi connectivity index (χ0) is 9.14. The van der Waals surface area contributed by atoms with Gasteiger partial charge >= 0.3 is 0 Å². The molecule has 1 rings (SSSR count). The van der Waals surface area contributed by atoms with Crippen LogP contribution in [0.1, 0.15) is 19.4 Å². The maximum atomic E-state index is 4.30. The molecule has 0 aromatic carbocycles. The molecule has 0 amide bonds. The van der Waals surface area contributed by atoms with E-state index in [9.17, 15) is 0 Å². The molecule has 0 saturated carbocycles. The highest BCUT2D eigenvalue weighted by molar-refractivity contribution is 9.10. The van der Waals surface area contributed by atoms with Crippen molar-refractivity contribution in [2.45, 2.75) is 31.0 Å². The summed E-state index contributed by atoms with van der Waals surface area (Å²) in [7, 11) is 0. The van der Waals surface area contributed by atoms with Crippen LogP contribution in [0.15, 0.2) is 21.8 Å². The first kappa shape index (κ1) is 10.1. The molecular weight excluding hydrogens is 234 g/mol. The van der Waals surface area contributed by atoms with Crippen LogP contribution in [0.3, 0.4) is 0 Å². The first-order chi connectivity index (χ1) is 5.59. The maximum absolute atomic E-state index is 4.30. The van der Waals surface area contributed by atoms with Crippen LogP contribution in [-0.2, 0) is 0 Å². The number of hydrogen-bond acceptors (Lipinski definition) is 2. The van der Waals surface area contributed by atoms with E-state index in [-0.39, 0.29) is 0 Å². The molecule has 0 N–H and O–H groups in total. The predicted molar refractivity (Wildman–Crippen MR) is 57.7 cm³/mol. The highest BCUT2D eigenvalue weighted by atomic mass is 79.9. The average Bonchev–Trinajstić information content (AvgIpc) is 1.96. The van der Waals surface area contributed by atoms with Gasteiger partial charge < -0.3 is 0 Å². The number of rotatable bonds is 2. The van der Waals surface area contributed by atoms with Gasteiger partial charge in [-0.2, -0.15) is 0 Å². The smallest absolute Gasteiger partial charge is 0.0965 e. The summed E-state index contributed by atoms with van der Waals surface area (Å²) >= 11 is 5.21. The summed E-state index contributed by atoms with van der Waals surface area (Å²) in [5.41, 5.74) is 1.24. The molecule has 0 aliphatic heterocycles. The van der Waals surface area contributed by atoms with Crippen molar-refractivity contribution in [3.63, 3.8) is 0 Å². The van der Waals surface area contributed by atoms with Crippen LogP contribution in [0.4, 0.5) is 0 Å². The van der Waals surface area contributed by atoms with Gasteiger partial charge in [0, 0.05) is 15.9 Å². The molecule has 0 unspecified atom stereocenters. The Hall–Kier alpha value is -0.0200. The molecule has 1 aromatic heterocycles. The van der Waals surface area contributed by atoms with Crippen LogP contribution in [0.2, 0.25) is 0 Å². The van der Waals surface area contributed by atoms with Gasteiger partial charge in [0.2, 0.25) is 0 Å². The van der Waals surface area contributed by atoms with E-state index in [0.717, 1.165) is 9.50 Å². The quantitative estimate of drug-likeness (QED) is 0.739. The summed E-state index contributed by atoms with van der Waals surface area (Å²) < 4.78 is 1.08. The third kappa shape index (κ3) is 2.79. The van der Waals surface area contributed by atoms with Crippen molar-refractivity contribution < 1.29 is 0 Å². The van der Waals surface area contributed by atoms with Crippen molar-refractivity contribution in [2.24, 2.45) is 0 Å². The van der Waals surface area contributed by atoms with Crippen LogP contribution in [-0.4, -0.2) is 10.2 Å². The van der Waals surface area contributed by atoms with E-state index in [4.69, 9.17) is 0 Å². The monoisotopic (exact) mass is 245 g/mol. The molecule has 0 atom stereocenters. The number of pyridine rings is 1. The highest BCUT2D eigenvalue weighted by Gasteiger charge is 2.01. The molecular formula is C9H12BrNS. The SMILES string of the molecule is Cc1cc(SC(C)C)ncc1Br. The lowest BCUT2D eigenvalue weighted by molar-refractivity contribution is 1.06. The lowest BCUT2D eigenvalue weighted by atomic mass is 10.3. The van der Waals surface area contributed by atoms with Gasteiger partial charge in [-0.3, -0.25) is 0 Å². The highest BCUT2D eigenvalue weighted by Crippen LogP contribution is 2.24. The van der Waals surface area contributed by atoms with Gasteiger partial charge in [-0.1, -0.05) is 13.8 Å². The summed E-state index contributed by atoms with van der Waals surface area (Å²) in [5.74, 6) is 0. The summed E-state index contributed by atoms with van der Waals surface area (Å²) in [5, 5.41) is 1.70. The Bertz CT molecular complexity index is 273. The molecule has 0 aliphatic rings. The molecule has 3 heteroatoms. The zero-order valence-electron chi connectivity index (χ0n) is 7.47. The van der Waals surface area contributed by atoms with Gasteiger partial charge in [-0.25, -0.2) is 4.98 Å². The van der Waals surface area contributed by atoms with E-state index in [1.165, 1.54) is 5.56 Å². The van der Waals surface area contributed by atoms with Gasteiger partial charge in [0.05, 0.1) is 5.03 Å². The van der Waals surface area contributed by atoms with Crippen molar-refractivity contribution in [2.75, 3.05) is 0 Å². The number of halogens is 1. The topological polar surface area (TPSA) is 12.9 Å². The van der Waals surface area contributed by atoms with Gasteiger partial charge in [-0.05, 0) is 34.5 Å². The van der Waals surface area contributed by atoms with E-state index >= 15 is 0 Å². The molecule has 1 nitrogen and oxygen atoms in total. The van der Waals surface area contributed by atoms with Crippen LogP contribution < -0.4 is 0 Å². The summed E-state index contributed by atoms with van der Waals surface area (Å²) in [6, 6.07) is 2.11. The molecule has 66 valence electrons. The number of nitrogens with zero attached hydrogens (tertiary/aromatic N) is 1. The second-order valence-electron chi connectivity index (χ2n) is 2.94. The number of aryl methyl sites for hydroxylation is 1. The second-order valence-corrected chi connectivity index (χ2v) is 5.39. The standard InChI is InChI=1S/C9H12BrNS/c1-6(2)12-9-4-7(3)8(10)5-11-9/h4-6H,1-3H3. The van der Waals surface area contributed by atoms with Gasteiger partial charge in [-0.15, -0.1) is 11.8 Å². The van der Waals surface area contributed by atoms with Crippen LogP contribution in [0.5, 0.6) is 0 Å². The van der Waals surface area contributed by atoms with Gasteiger partial charge in [0.15, 0.2) is 0 Å². The van der Waals surface area contributed by atoms with Crippen molar-refractivity contribution in [1.29, 1.82) is 0 Å². The maximum Gasteiger partial charge on any atom is 0.0965 e. The number of hydrogen-bond donors (Lipinski definition) is 0. The Morgan fingerprint density at radius 2 is 2.17 bits per heavy atom. The summed E-state index contributed by atoms with van der Waals surface area (Å²) in [6.07, 6.45) is 1.86. The molecule has 0 saturated heterocycles. The fourth-order valence-corrected chi connectivity index (χ4v) is 1.88. The minimum atomic E-state index is 0.595. The van der Waals surface area contributed by atoms with Crippen molar-refractivity contribution in [1.82, 2.24) is 4.98 Å². The van der Waals surface area contributed by atoms with Crippen molar-refractivity contribution >= 4 is 27.7 Å². The normalized spacial score (nSPS) is 10.8. The van der Waals surface area contributed by atoms with Crippen molar-refractivity contribution in [3.05, 3.63) is 22.3 Å². The largest absolute Gasteiger partial charge is 0.249 e. The van der Waals surface area contributed by atoms with Crippen molar-refractivity contribution in [3.8, 4) is 0 Å². The van der Waals surface area contributed by atoms with E-state index in [2.05, 4.69) is 47.8 Å². The predicted octanol–water partition coefficient (Wildman–Crippen LogP) is 3.65. The Kier molecular flexibility index (Phi) is 3.59. The van der Waals surface area contributed by atoms with Crippen LogP contribution in [0, 0.1) is 6.92 Å². The minimum absolute atomic E-state index is 0.595. The molecule has 0 fully saturated rings. The number of thioether (sulfide) groups is 1. The molecule has 0 aliphatic carbocycles. The van der Waals surface area contributed by atoms with Gasteiger partial charge in [0.25, 0.3) is 0 Å². The summed E-state index contributed by atoms with van der Waals surface area (Å²) in [6.45, 7) is 6.42. The Labute approximate surface area is 86.1 Å². The molecule has 12 heavy (non-hydrogen) atoms. The van der Waals surface area contributed by atoms with E-state index in [1.807, 2.05) is 6.20 Å². The molecule has 0 bridgehead atoms. The molecule has 0 radical (unpaired) electrons. The lowest BCUT2D eigenvalue weighted by Gasteiger charge is -2.04. The van der Waals surface area contributed by atoms with E-state index < -0.39 is 0 Å². The third-order valence-corrected chi connectivity index (χ3v) is 3.14. The number of aromatic nitrogens is 1. The zero-order valence-corrected chi connectivity index (χ0v) is 9.87. The fraction of sp³-hybridized carbons (Fsp3) is 0.444. The first-order valence-electron chi connectivity index (χ1n) is 3.88. The van der Waals surface area contributed by atoms with Crippen LogP contribution >= 0.6 is 27.7 Å². The van der Waals surface area contributed by atoms with E-state index in [1.54, 1.807) is 11.8 Å². The first-order valence-corrected chi connectivity index (χ1v) is 5.55. The van der Waals surface area contributed by atoms with Gasteiger partial charge in [0.1, 0.15) is 0 Å². The Morgan fingerprint density at radius 1 is 1.50 bits per heavy atom. The minimum Gasteiger partial charge on any atom is -0.249 e.